The van der Waals surface area contributed by atoms with Crippen LogP contribution in [0.1, 0.15) is 24.6 Å². The van der Waals surface area contributed by atoms with Gasteiger partial charge in [0.1, 0.15) is 0 Å². The van der Waals surface area contributed by atoms with E-state index in [4.69, 9.17) is 0 Å². The Morgan fingerprint density at radius 1 is 1.42 bits per heavy atom. The van der Waals surface area contributed by atoms with Crippen molar-refractivity contribution in [2.45, 2.75) is 26.2 Å². The van der Waals surface area contributed by atoms with Crippen LogP contribution in [0, 0.1) is 0 Å². The second-order valence-corrected chi connectivity index (χ2v) is 5.05. The molecule has 1 heterocycles. The molecule has 0 spiro atoms. The lowest BCUT2D eigenvalue weighted by molar-refractivity contribution is 0.949. The quantitative estimate of drug-likeness (QED) is 0.629. The smallest absolute Gasteiger partial charge is 0.00455 e. The molecule has 0 aliphatic carbocycles. The van der Waals surface area contributed by atoms with Crippen molar-refractivity contribution in [1.29, 1.82) is 0 Å². The maximum atomic E-state index is 2.24. The van der Waals surface area contributed by atoms with Crippen molar-refractivity contribution in [1.82, 2.24) is 0 Å². The first-order chi connectivity index (χ1) is 5.93. The molecule has 68 valence electrons. The molecule has 1 aromatic heterocycles. The molecule has 0 nitrogen and oxygen atoms in total. The number of thioether (sulfide) groups is 1. The zero-order valence-electron chi connectivity index (χ0n) is 7.58. The molecule has 0 saturated heterocycles. The Kier molecular flexibility index (Phi) is 5.53. The van der Waals surface area contributed by atoms with Crippen LogP contribution in [-0.4, -0.2) is 11.5 Å². The zero-order chi connectivity index (χ0) is 8.65. The van der Waals surface area contributed by atoms with Gasteiger partial charge < -0.3 is 0 Å². The molecular weight excluding hydrogens is 184 g/mol. The molecule has 0 atom stereocenters. The Balaban J connectivity index is 1.96. The van der Waals surface area contributed by atoms with Crippen molar-refractivity contribution in [3.63, 3.8) is 0 Å². The molecule has 2 heteroatoms. The third-order valence-electron chi connectivity index (χ3n) is 1.64. The lowest BCUT2D eigenvalue weighted by Gasteiger charge is -1.97. The van der Waals surface area contributed by atoms with Crippen molar-refractivity contribution in [2.24, 2.45) is 0 Å². The van der Waals surface area contributed by atoms with Gasteiger partial charge in [-0.15, -0.1) is 11.3 Å². The molecule has 0 fully saturated rings. The number of hydrogen-bond donors (Lipinski definition) is 0. The van der Waals surface area contributed by atoms with Crippen molar-refractivity contribution >= 4 is 23.1 Å². The minimum Gasteiger partial charge on any atom is -0.162 e. The lowest BCUT2D eigenvalue weighted by atomic mass is 10.3. The molecule has 0 radical (unpaired) electrons. The highest BCUT2D eigenvalue weighted by Crippen LogP contribution is 2.13. The second-order valence-electron chi connectivity index (χ2n) is 2.80. The topological polar surface area (TPSA) is 0 Å². The summed E-state index contributed by atoms with van der Waals surface area (Å²) in [5.41, 5.74) is 0. The van der Waals surface area contributed by atoms with Crippen LogP contribution in [0.2, 0.25) is 0 Å². The van der Waals surface area contributed by atoms with E-state index < -0.39 is 0 Å². The molecule has 0 aliphatic heterocycles. The summed E-state index contributed by atoms with van der Waals surface area (Å²) in [7, 11) is 0. The van der Waals surface area contributed by atoms with Crippen LogP contribution in [0.25, 0.3) is 0 Å². The highest BCUT2D eigenvalue weighted by atomic mass is 32.2. The predicted octanol–water partition coefficient (Wildman–Crippen LogP) is 3.82. The third-order valence-corrected chi connectivity index (χ3v) is 3.85. The maximum Gasteiger partial charge on any atom is 0.00455 e. The fraction of sp³-hybridized carbons (Fsp3) is 0.600. The van der Waals surface area contributed by atoms with Crippen LogP contribution in [0.4, 0.5) is 0 Å². The molecule has 0 saturated carbocycles. The van der Waals surface area contributed by atoms with E-state index in [9.17, 15) is 0 Å². The van der Waals surface area contributed by atoms with Crippen molar-refractivity contribution in [2.75, 3.05) is 11.5 Å². The SMILES string of the molecule is CCCSCCCc1cccs1. The van der Waals surface area contributed by atoms with Gasteiger partial charge in [-0.2, -0.15) is 11.8 Å². The Morgan fingerprint density at radius 2 is 2.33 bits per heavy atom. The molecule has 0 aliphatic rings. The lowest BCUT2D eigenvalue weighted by Crippen LogP contribution is -1.85. The molecule has 1 rings (SSSR count). The van der Waals surface area contributed by atoms with Gasteiger partial charge in [-0.1, -0.05) is 13.0 Å². The number of thiophene rings is 1. The Hall–Kier alpha value is 0.0500. The fourth-order valence-electron chi connectivity index (χ4n) is 1.05. The summed E-state index contributed by atoms with van der Waals surface area (Å²) >= 11 is 3.96. The van der Waals surface area contributed by atoms with Crippen LogP contribution in [0.3, 0.4) is 0 Å². The first-order valence-electron chi connectivity index (χ1n) is 4.53. The average Bonchev–Trinajstić information content (AvgIpc) is 2.57. The summed E-state index contributed by atoms with van der Waals surface area (Å²) in [4.78, 5) is 1.53. The molecular formula is C10H16S2. The van der Waals surface area contributed by atoms with E-state index in [0.717, 1.165) is 0 Å². The van der Waals surface area contributed by atoms with E-state index in [2.05, 4.69) is 36.2 Å². The summed E-state index contributed by atoms with van der Waals surface area (Å²) < 4.78 is 0. The number of aryl methyl sites for hydroxylation is 1. The van der Waals surface area contributed by atoms with Crippen LogP contribution >= 0.6 is 23.1 Å². The van der Waals surface area contributed by atoms with Gasteiger partial charge in [0.05, 0.1) is 0 Å². The monoisotopic (exact) mass is 200 g/mol. The Morgan fingerprint density at radius 3 is 3.00 bits per heavy atom. The highest BCUT2D eigenvalue weighted by Gasteiger charge is 1.93. The molecule has 0 aromatic carbocycles. The number of rotatable bonds is 6. The predicted molar refractivity (Wildman–Crippen MR) is 60.3 cm³/mol. The van der Waals surface area contributed by atoms with Crippen LogP contribution in [-0.2, 0) is 6.42 Å². The van der Waals surface area contributed by atoms with Gasteiger partial charge in [-0.05, 0) is 42.2 Å². The summed E-state index contributed by atoms with van der Waals surface area (Å²) in [6.45, 7) is 2.24. The average molecular weight is 200 g/mol. The molecule has 1 aromatic rings. The van der Waals surface area contributed by atoms with Gasteiger partial charge >= 0.3 is 0 Å². The second kappa shape index (κ2) is 6.55. The van der Waals surface area contributed by atoms with Gasteiger partial charge in [0.2, 0.25) is 0 Å². The summed E-state index contributed by atoms with van der Waals surface area (Å²) in [6.07, 6.45) is 3.92. The minimum absolute atomic E-state index is 1.27. The van der Waals surface area contributed by atoms with E-state index in [1.807, 2.05) is 11.3 Å². The van der Waals surface area contributed by atoms with Gasteiger partial charge in [-0.3, -0.25) is 0 Å². The molecule has 12 heavy (non-hydrogen) atoms. The van der Waals surface area contributed by atoms with E-state index in [0.29, 0.717) is 0 Å². The van der Waals surface area contributed by atoms with Crippen molar-refractivity contribution in [3.05, 3.63) is 22.4 Å². The van der Waals surface area contributed by atoms with Crippen LogP contribution < -0.4 is 0 Å². The van der Waals surface area contributed by atoms with Crippen molar-refractivity contribution in [3.8, 4) is 0 Å². The van der Waals surface area contributed by atoms with Gasteiger partial charge in [0.25, 0.3) is 0 Å². The standard InChI is InChI=1S/C10H16S2/c1-2-7-11-8-3-5-10-6-4-9-12-10/h4,6,9H,2-3,5,7-8H2,1H3. The van der Waals surface area contributed by atoms with Crippen LogP contribution in [0.5, 0.6) is 0 Å². The largest absolute Gasteiger partial charge is 0.162 e. The van der Waals surface area contributed by atoms with Gasteiger partial charge in [-0.25, -0.2) is 0 Å². The summed E-state index contributed by atoms with van der Waals surface area (Å²) in [6, 6.07) is 4.37. The first kappa shape index (κ1) is 10.1. The normalized spacial score (nSPS) is 10.4. The fourth-order valence-corrected chi connectivity index (χ4v) is 2.64. The Bertz CT molecular complexity index is 180. The number of hydrogen-bond acceptors (Lipinski definition) is 2. The van der Waals surface area contributed by atoms with Gasteiger partial charge in [0.15, 0.2) is 0 Å². The maximum absolute atomic E-state index is 2.24. The molecule has 0 unspecified atom stereocenters. The molecule has 0 N–H and O–H groups in total. The minimum atomic E-state index is 1.27. The highest BCUT2D eigenvalue weighted by molar-refractivity contribution is 7.99. The van der Waals surface area contributed by atoms with E-state index in [-0.39, 0.29) is 0 Å². The van der Waals surface area contributed by atoms with Gasteiger partial charge in [0, 0.05) is 4.88 Å². The zero-order valence-corrected chi connectivity index (χ0v) is 9.22. The van der Waals surface area contributed by atoms with E-state index >= 15 is 0 Å². The first-order valence-corrected chi connectivity index (χ1v) is 6.57. The van der Waals surface area contributed by atoms with Crippen LogP contribution in [0.15, 0.2) is 17.5 Å². The third kappa shape index (κ3) is 4.17. The Labute approximate surface area is 83.4 Å². The summed E-state index contributed by atoms with van der Waals surface area (Å²) in [5.74, 6) is 2.65. The van der Waals surface area contributed by atoms with Crippen molar-refractivity contribution < 1.29 is 0 Å². The molecule has 0 amide bonds. The van der Waals surface area contributed by atoms with E-state index in [1.165, 1.54) is 35.6 Å². The van der Waals surface area contributed by atoms with E-state index in [1.54, 1.807) is 0 Å². The molecule has 0 bridgehead atoms. The summed E-state index contributed by atoms with van der Waals surface area (Å²) in [5, 5.41) is 2.16.